The summed E-state index contributed by atoms with van der Waals surface area (Å²) in [4.78, 5) is 18.9. The Kier molecular flexibility index (Phi) is 5.86. The van der Waals surface area contributed by atoms with Gasteiger partial charge in [-0.1, -0.05) is 0 Å². The molecule has 3 saturated carbocycles. The quantitative estimate of drug-likeness (QED) is 0.462. The van der Waals surface area contributed by atoms with E-state index in [1.807, 2.05) is 35.9 Å². The van der Waals surface area contributed by atoms with Crippen molar-refractivity contribution < 1.29 is 24.2 Å². The van der Waals surface area contributed by atoms with Crippen molar-refractivity contribution in [3.8, 4) is 5.75 Å². The molecule has 0 aliphatic heterocycles. The number of aliphatic hydroxyl groups is 1. The molecule has 1 aromatic carbocycles. The van der Waals surface area contributed by atoms with Crippen LogP contribution >= 0.6 is 0 Å². The van der Waals surface area contributed by atoms with E-state index in [1.54, 1.807) is 17.9 Å². The number of carbonyl (C=O) groups is 1. The topological polar surface area (TPSA) is 89.5 Å². The lowest BCUT2D eigenvalue weighted by Gasteiger charge is -2.36. The van der Waals surface area contributed by atoms with Gasteiger partial charge in [-0.15, -0.1) is 0 Å². The van der Waals surface area contributed by atoms with Crippen LogP contribution in [0.4, 0.5) is 5.69 Å². The van der Waals surface area contributed by atoms with Crippen LogP contribution < -0.4 is 19.6 Å². The van der Waals surface area contributed by atoms with Crippen molar-refractivity contribution in [3.63, 3.8) is 0 Å². The molecule has 3 fully saturated rings. The number of benzene rings is 1. The minimum absolute atomic E-state index is 0.251. The van der Waals surface area contributed by atoms with Crippen molar-refractivity contribution in [3.05, 3.63) is 47.9 Å². The molecular weight excluding hydrogens is 456 g/mol. The molecule has 6 rings (SSSR count). The van der Waals surface area contributed by atoms with E-state index in [0.29, 0.717) is 35.6 Å². The summed E-state index contributed by atoms with van der Waals surface area (Å²) in [6.45, 7) is 2.40. The summed E-state index contributed by atoms with van der Waals surface area (Å²) >= 11 is 0. The number of amides is 1. The Balaban J connectivity index is 1.26. The zero-order chi connectivity index (χ0) is 24.9. The second-order valence-corrected chi connectivity index (χ2v) is 10.6. The van der Waals surface area contributed by atoms with Crippen LogP contribution in [-0.4, -0.2) is 40.1 Å². The number of fused-ring (bicyclic) bond motifs is 1. The molecule has 36 heavy (non-hydrogen) atoms. The SMILES string of the molecule is CCOc1cc2nn(C3CCC(O)(C4CC4)CC3)cc2cc1NC(=O)c1cccc(C2CC2)[n+]1OC. The summed E-state index contributed by atoms with van der Waals surface area (Å²) in [6.07, 6.45) is 10.1. The third-order valence-electron chi connectivity index (χ3n) is 8.09. The Morgan fingerprint density at radius 2 is 1.97 bits per heavy atom. The molecule has 0 bridgehead atoms. The summed E-state index contributed by atoms with van der Waals surface area (Å²) in [6, 6.07) is 9.81. The lowest BCUT2D eigenvalue weighted by atomic mass is 9.79. The lowest BCUT2D eigenvalue weighted by molar-refractivity contribution is -0.891. The zero-order valence-corrected chi connectivity index (χ0v) is 21.1. The highest BCUT2D eigenvalue weighted by Crippen LogP contribution is 2.49. The molecule has 3 aliphatic rings. The highest BCUT2D eigenvalue weighted by atomic mass is 16.6. The van der Waals surface area contributed by atoms with Crippen LogP contribution in [0.1, 0.15) is 86.4 Å². The van der Waals surface area contributed by atoms with E-state index in [1.165, 1.54) is 0 Å². The lowest BCUT2D eigenvalue weighted by Crippen LogP contribution is -2.50. The van der Waals surface area contributed by atoms with Crippen LogP contribution in [0.25, 0.3) is 10.9 Å². The van der Waals surface area contributed by atoms with Gasteiger partial charge >= 0.3 is 11.6 Å². The number of carbonyl (C=O) groups excluding carboxylic acids is 1. The number of ether oxygens (including phenoxy) is 1. The first-order chi connectivity index (χ1) is 17.5. The van der Waals surface area contributed by atoms with Gasteiger partial charge in [-0.3, -0.25) is 14.3 Å². The molecule has 0 radical (unpaired) electrons. The fraction of sp³-hybridized carbons (Fsp3) is 0.536. The van der Waals surface area contributed by atoms with E-state index < -0.39 is 5.60 Å². The Hall–Kier alpha value is -3.13. The Labute approximate surface area is 211 Å². The van der Waals surface area contributed by atoms with Gasteiger partial charge in [0.2, 0.25) is 5.69 Å². The summed E-state index contributed by atoms with van der Waals surface area (Å²) in [5.41, 5.74) is 2.44. The highest BCUT2D eigenvalue weighted by Gasteiger charge is 2.46. The normalized spacial score (nSPS) is 24.0. The average Bonchev–Trinajstić information content (AvgIpc) is 3.80. The van der Waals surface area contributed by atoms with Gasteiger partial charge in [-0.2, -0.15) is 5.10 Å². The van der Waals surface area contributed by atoms with E-state index in [4.69, 9.17) is 14.7 Å². The van der Waals surface area contributed by atoms with Crippen LogP contribution in [-0.2, 0) is 0 Å². The van der Waals surface area contributed by atoms with Gasteiger partial charge < -0.3 is 15.2 Å². The van der Waals surface area contributed by atoms with E-state index in [-0.39, 0.29) is 11.9 Å². The van der Waals surface area contributed by atoms with Gasteiger partial charge in [0.15, 0.2) is 0 Å². The molecule has 0 saturated heterocycles. The monoisotopic (exact) mass is 491 g/mol. The first-order valence-corrected chi connectivity index (χ1v) is 13.3. The maximum absolute atomic E-state index is 13.3. The van der Waals surface area contributed by atoms with Crippen molar-refractivity contribution >= 4 is 22.5 Å². The molecule has 0 unspecified atom stereocenters. The largest absolute Gasteiger partial charge is 0.492 e. The molecule has 2 heterocycles. The molecule has 0 atom stereocenters. The molecule has 0 spiro atoms. The zero-order valence-electron chi connectivity index (χ0n) is 21.1. The van der Waals surface area contributed by atoms with E-state index in [0.717, 1.165) is 68.0 Å². The smallest absolute Gasteiger partial charge is 0.325 e. The minimum atomic E-state index is -0.474. The van der Waals surface area contributed by atoms with Crippen LogP contribution in [0.2, 0.25) is 0 Å². The van der Waals surface area contributed by atoms with Crippen LogP contribution in [0, 0.1) is 5.92 Å². The van der Waals surface area contributed by atoms with E-state index in [2.05, 4.69) is 11.5 Å². The number of anilines is 1. The number of hydrogen-bond acceptors (Lipinski definition) is 5. The van der Waals surface area contributed by atoms with E-state index >= 15 is 0 Å². The molecule has 8 heteroatoms. The third kappa shape index (κ3) is 4.32. The van der Waals surface area contributed by atoms with Crippen molar-refractivity contribution in [2.24, 2.45) is 5.92 Å². The Morgan fingerprint density at radius 1 is 1.19 bits per heavy atom. The standard InChI is InChI=1S/C28H34N4O4/c1-3-36-26-16-22-19(17-31(30-22)21-11-13-28(34,14-12-21)20-9-10-20)15-23(26)29-27(33)25-6-4-5-24(18-7-8-18)32(25)35-2/h4-6,15-18,20-21,34H,3,7-14H2,1-2H3/p+1. The molecule has 2 aromatic heterocycles. The van der Waals surface area contributed by atoms with Crippen LogP contribution in [0.5, 0.6) is 5.75 Å². The summed E-state index contributed by atoms with van der Waals surface area (Å²) < 4.78 is 9.56. The van der Waals surface area contributed by atoms with Gasteiger partial charge in [0.1, 0.15) is 12.9 Å². The molecule has 3 aromatic rings. The van der Waals surface area contributed by atoms with Crippen molar-refractivity contribution in [1.29, 1.82) is 0 Å². The van der Waals surface area contributed by atoms with E-state index in [9.17, 15) is 9.90 Å². The molecular formula is C28H35N4O4+. The van der Waals surface area contributed by atoms with Gasteiger partial charge in [0.25, 0.3) is 0 Å². The van der Waals surface area contributed by atoms with Gasteiger partial charge in [0, 0.05) is 40.4 Å². The van der Waals surface area contributed by atoms with Crippen LogP contribution in [0.3, 0.4) is 0 Å². The summed E-state index contributed by atoms with van der Waals surface area (Å²) in [7, 11) is 1.59. The minimum Gasteiger partial charge on any atom is -0.492 e. The predicted molar refractivity (Wildman–Crippen MR) is 135 cm³/mol. The number of aromatic nitrogens is 3. The first-order valence-electron chi connectivity index (χ1n) is 13.3. The second-order valence-electron chi connectivity index (χ2n) is 10.6. The predicted octanol–water partition coefficient (Wildman–Crippen LogP) is 4.17. The molecule has 8 nitrogen and oxygen atoms in total. The number of rotatable bonds is 8. The highest BCUT2D eigenvalue weighted by molar-refractivity contribution is 6.04. The number of pyridine rings is 1. The first kappa shape index (κ1) is 23.3. The second kappa shape index (κ2) is 9.07. The van der Waals surface area contributed by atoms with Crippen molar-refractivity contribution in [2.45, 2.75) is 75.9 Å². The Bertz CT molecular complexity index is 1290. The fourth-order valence-electron chi connectivity index (χ4n) is 5.78. The number of nitrogens with one attached hydrogen (secondary N) is 1. The van der Waals surface area contributed by atoms with Gasteiger partial charge in [-0.05, 0) is 76.3 Å². The van der Waals surface area contributed by atoms with Gasteiger partial charge in [0.05, 0.1) is 29.5 Å². The number of nitrogens with zero attached hydrogens (tertiary/aromatic N) is 3. The molecule has 1 amide bonds. The molecule has 190 valence electrons. The maximum Gasteiger partial charge on any atom is 0.325 e. The maximum atomic E-state index is 13.3. The summed E-state index contributed by atoms with van der Waals surface area (Å²) in [5, 5.41) is 19.8. The van der Waals surface area contributed by atoms with Crippen LogP contribution in [0.15, 0.2) is 36.5 Å². The third-order valence-corrected chi connectivity index (χ3v) is 8.09. The Morgan fingerprint density at radius 3 is 2.64 bits per heavy atom. The number of hydrogen-bond donors (Lipinski definition) is 2. The van der Waals surface area contributed by atoms with Crippen molar-refractivity contribution in [1.82, 2.24) is 9.78 Å². The van der Waals surface area contributed by atoms with Crippen molar-refractivity contribution in [2.75, 3.05) is 19.0 Å². The average molecular weight is 492 g/mol. The molecule has 2 N–H and O–H groups in total. The summed E-state index contributed by atoms with van der Waals surface area (Å²) in [5.74, 6) is 1.28. The molecule has 3 aliphatic carbocycles. The fourth-order valence-corrected chi connectivity index (χ4v) is 5.78. The van der Waals surface area contributed by atoms with Gasteiger partial charge in [-0.25, -0.2) is 0 Å².